The SMILES string of the molecule is Cc1cccc2sc(N(Cc3ccccn3)C(=O)c3ccc([N+](=O)[O-])o3)nc12. The van der Waals surface area contributed by atoms with Crippen LogP contribution >= 0.6 is 11.3 Å². The summed E-state index contributed by atoms with van der Waals surface area (Å²) in [6.45, 7) is 2.11. The maximum Gasteiger partial charge on any atom is 0.433 e. The van der Waals surface area contributed by atoms with Gasteiger partial charge in [-0.05, 0) is 36.8 Å². The van der Waals surface area contributed by atoms with E-state index < -0.39 is 16.7 Å². The van der Waals surface area contributed by atoms with Crippen LogP contribution in [0.2, 0.25) is 0 Å². The van der Waals surface area contributed by atoms with Crippen LogP contribution in [0.5, 0.6) is 0 Å². The van der Waals surface area contributed by atoms with Gasteiger partial charge < -0.3 is 4.42 Å². The van der Waals surface area contributed by atoms with Crippen LogP contribution in [0, 0.1) is 17.0 Å². The average molecular weight is 394 g/mol. The molecule has 0 radical (unpaired) electrons. The topological polar surface area (TPSA) is 102 Å². The molecule has 140 valence electrons. The second-order valence-electron chi connectivity index (χ2n) is 6.03. The van der Waals surface area contributed by atoms with Crippen LogP contribution in [-0.2, 0) is 6.54 Å². The van der Waals surface area contributed by atoms with Crippen molar-refractivity contribution in [3.63, 3.8) is 0 Å². The summed E-state index contributed by atoms with van der Waals surface area (Å²) in [7, 11) is 0. The predicted octanol–water partition coefficient (Wildman–Crippen LogP) is 4.35. The number of aryl methyl sites for hydroxylation is 1. The zero-order valence-corrected chi connectivity index (χ0v) is 15.5. The number of para-hydroxylation sites is 1. The van der Waals surface area contributed by atoms with Gasteiger partial charge >= 0.3 is 5.88 Å². The number of aromatic nitrogens is 2. The highest BCUT2D eigenvalue weighted by molar-refractivity contribution is 7.22. The molecular weight excluding hydrogens is 380 g/mol. The van der Waals surface area contributed by atoms with Gasteiger partial charge in [0.05, 0.1) is 28.5 Å². The Morgan fingerprint density at radius 3 is 2.75 bits per heavy atom. The molecule has 1 amide bonds. The molecule has 0 spiro atoms. The molecule has 9 heteroatoms. The molecule has 0 aliphatic carbocycles. The summed E-state index contributed by atoms with van der Waals surface area (Å²) >= 11 is 1.37. The third-order valence-electron chi connectivity index (χ3n) is 4.11. The fourth-order valence-corrected chi connectivity index (χ4v) is 3.78. The Labute approximate surface area is 163 Å². The molecule has 3 heterocycles. The first-order chi connectivity index (χ1) is 13.5. The smallest absolute Gasteiger partial charge is 0.395 e. The molecule has 3 aromatic heterocycles. The number of hydrogen-bond acceptors (Lipinski definition) is 7. The lowest BCUT2D eigenvalue weighted by Crippen LogP contribution is -2.30. The van der Waals surface area contributed by atoms with E-state index in [9.17, 15) is 14.9 Å². The van der Waals surface area contributed by atoms with E-state index in [1.165, 1.54) is 22.3 Å². The quantitative estimate of drug-likeness (QED) is 0.368. The zero-order valence-electron chi connectivity index (χ0n) is 14.7. The van der Waals surface area contributed by atoms with Gasteiger partial charge in [0, 0.05) is 6.20 Å². The number of furan rings is 1. The minimum atomic E-state index is -0.680. The van der Waals surface area contributed by atoms with Crippen LogP contribution in [0.15, 0.2) is 59.1 Å². The molecule has 0 saturated carbocycles. The molecule has 0 saturated heterocycles. The second-order valence-corrected chi connectivity index (χ2v) is 7.03. The van der Waals surface area contributed by atoms with Crippen LogP contribution < -0.4 is 4.90 Å². The first kappa shape index (κ1) is 17.8. The van der Waals surface area contributed by atoms with Gasteiger partial charge in [0.25, 0.3) is 5.91 Å². The molecular formula is C19H14N4O4S. The third-order valence-corrected chi connectivity index (χ3v) is 5.16. The lowest BCUT2D eigenvalue weighted by molar-refractivity contribution is -0.402. The van der Waals surface area contributed by atoms with E-state index in [4.69, 9.17) is 4.42 Å². The number of hydrogen-bond donors (Lipinski definition) is 0. The minimum Gasteiger partial charge on any atom is -0.395 e. The van der Waals surface area contributed by atoms with Crippen LogP contribution in [-0.4, -0.2) is 20.8 Å². The van der Waals surface area contributed by atoms with Crippen LogP contribution in [0.25, 0.3) is 10.2 Å². The highest BCUT2D eigenvalue weighted by Crippen LogP contribution is 2.32. The van der Waals surface area contributed by atoms with Crippen molar-refractivity contribution in [1.82, 2.24) is 9.97 Å². The Hall–Kier alpha value is -3.59. The Bertz CT molecular complexity index is 1170. The van der Waals surface area contributed by atoms with Crippen molar-refractivity contribution in [3.05, 3.63) is 81.9 Å². The summed E-state index contributed by atoms with van der Waals surface area (Å²) in [5.41, 5.74) is 2.47. The number of fused-ring (bicyclic) bond motifs is 1. The number of amides is 1. The fourth-order valence-electron chi connectivity index (χ4n) is 2.74. The molecule has 0 aliphatic rings. The Balaban J connectivity index is 1.77. The number of rotatable bonds is 5. The highest BCUT2D eigenvalue weighted by Gasteiger charge is 2.26. The number of nitrogens with zero attached hydrogens (tertiary/aromatic N) is 4. The maximum atomic E-state index is 13.1. The molecule has 28 heavy (non-hydrogen) atoms. The molecule has 1 aromatic carbocycles. The van der Waals surface area contributed by atoms with Crippen molar-refractivity contribution >= 4 is 38.5 Å². The van der Waals surface area contributed by atoms with Gasteiger partial charge in [0.1, 0.15) is 4.92 Å². The van der Waals surface area contributed by atoms with Crippen LogP contribution in [0.4, 0.5) is 11.0 Å². The van der Waals surface area contributed by atoms with E-state index in [1.54, 1.807) is 18.3 Å². The van der Waals surface area contributed by atoms with E-state index in [-0.39, 0.29) is 12.3 Å². The van der Waals surface area contributed by atoms with Gasteiger partial charge in [-0.2, -0.15) is 0 Å². The van der Waals surface area contributed by atoms with E-state index >= 15 is 0 Å². The molecule has 4 aromatic rings. The van der Waals surface area contributed by atoms with Crippen molar-refractivity contribution < 1.29 is 14.1 Å². The van der Waals surface area contributed by atoms with Crippen LogP contribution in [0.1, 0.15) is 21.8 Å². The Morgan fingerprint density at radius 2 is 2.07 bits per heavy atom. The number of carbonyl (C=O) groups is 1. The number of carbonyl (C=O) groups excluding carboxylic acids is 1. The summed E-state index contributed by atoms with van der Waals surface area (Å²) in [5.74, 6) is -1.13. The van der Waals surface area contributed by atoms with Gasteiger partial charge in [-0.3, -0.25) is 24.8 Å². The van der Waals surface area contributed by atoms with Crippen LogP contribution in [0.3, 0.4) is 0 Å². The molecule has 4 rings (SSSR count). The van der Waals surface area contributed by atoms with E-state index in [0.29, 0.717) is 10.8 Å². The number of anilines is 1. The monoisotopic (exact) mass is 394 g/mol. The standard InChI is InChI=1S/C19H14N4O4S/c1-12-5-4-7-15-17(12)21-19(28-15)22(11-13-6-2-3-10-20-13)18(24)14-8-9-16(27-14)23(25)26/h2-10H,11H2,1H3. The molecule has 0 bridgehead atoms. The molecule has 0 fully saturated rings. The lowest BCUT2D eigenvalue weighted by Gasteiger charge is -2.18. The maximum absolute atomic E-state index is 13.1. The summed E-state index contributed by atoms with van der Waals surface area (Å²) in [5, 5.41) is 11.4. The van der Waals surface area contributed by atoms with Crippen molar-refractivity contribution in [2.75, 3.05) is 4.90 Å². The Morgan fingerprint density at radius 1 is 1.21 bits per heavy atom. The summed E-state index contributed by atoms with van der Waals surface area (Å²) < 4.78 is 6.05. The zero-order chi connectivity index (χ0) is 19.7. The highest BCUT2D eigenvalue weighted by atomic mass is 32.1. The summed E-state index contributed by atoms with van der Waals surface area (Å²) in [6.07, 6.45) is 1.64. The normalized spacial score (nSPS) is 10.9. The fraction of sp³-hybridized carbons (Fsp3) is 0.105. The van der Waals surface area contributed by atoms with E-state index in [1.807, 2.05) is 31.2 Å². The first-order valence-corrected chi connectivity index (χ1v) is 9.17. The number of benzene rings is 1. The largest absolute Gasteiger partial charge is 0.433 e. The molecule has 0 aliphatic heterocycles. The average Bonchev–Trinajstić information content (AvgIpc) is 3.34. The number of pyridine rings is 1. The molecule has 8 nitrogen and oxygen atoms in total. The number of thiazole rings is 1. The van der Waals surface area contributed by atoms with Crippen molar-refractivity contribution in [2.24, 2.45) is 0 Å². The number of nitro groups is 1. The van der Waals surface area contributed by atoms with Gasteiger partial charge in [0.15, 0.2) is 10.9 Å². The van der Waals surface area contributed by atoms with Crippen molar-refractivity contribution in [1.29, 1.82) is 0 Å². The predicted molar refractivity (Wildman–Crippen MR) is 104 cm³/mol. The third kappa shape index (κ3) is 3.35. The van der Waals surface area contributed by atoms with Gasteiger partial charge in [0.2, 0.25) is 0 Å². The van der Waals surface area contributed by atoms with Crippen molar-refractivity contribution in [3.8, 4) is 0 Å². The van der Waals surface area contributed by atoms with Gasteiger partial charge in [-0.15, -0.1) is 0 Å². The Kier molecular flexibility index (Phi) is 4.58. The first-order valence-electron chi connectivity index (χ1n) is 8.35. The summed E-state index contributed by atoms with van der Waals surface area (Å²) in [6, 6.07) is 13.7. The van der Waals surface area contributed by atoms with Gasteiger partial charge in [-0.25, -0.2) is 4.98 Å². The summed E-state index contributed by atoms with van der Waals surface area (Å²) in [4.78, 5) is 33.6. The molecule has 0 N–H and O–H groups in total. The van der Waals surface area contributed by atoms with Crippen molar-refractivity contribution in [2.45, 2.75) is 13.5 Å². The molecule has 0 atom stereocenters. The van der Waals surface area contributed by atoms with E-state index in [2.05, 4.69) is 9.97 Å². The second kappa shape index (κ2) is 7.20. The lowest BCUT2D eigenvalue weighted by atomic mass is 10.2. The van der Waals surface area contributed by atoms with E-state index in [0.717, 1.165) is 21.8 Å². The molecule has 0 unspecified atom stereocenters. The van der Waals surface area contributed by atoms with Gasteiger partial charge in [-0.1, -0.05) is 29.5 Å². The minimum absolute atomic E-state index is 0.126.